The van der Waals surface area contributed by atoms with Gasteiger partial charge in [0.05, 0.1) is 0 Å². The molecule has 0 N–H and O–H groups in total. The molecule has 2 aliphatic heterocycles. The van der Waals surface area contributed by atoms with Crippen LogP contribution in [-0.2, 0) is 19.5 Å². The molecule has 2 heterocycles. The summed E-state index contributed by atoms with van der Waals surface area (Å²) < 4.78 is 0. The SMILES string of the molecule is C/C([O-])=N\C(c1ccccc1)N1CCCCC1.C/C([O-])=N\C(c1ccccc1)N1CCCCC1.[Zn+2]. The maximum absolute atomic E-state index is 11.3. The summed E-state index contributed by atoms with van der Waals surface area (Å²) in [4.78, 5) is 13.1. The average molecular weight is 528 g/mol. The van der Waals surface area contributed by atoms with Crippen molar-refractivity contribution in [1.82, 2.24) is 9.80 Å². The smallest absolute Gasteiger partial charge is 0.862 e. The summed E-state index contributed by atoms with van der Waals surface area (Å²) in [7, 11) is 0. The minimum atomic E-state index is -0.0931. The molecule has 4 rings (SSSR count). The van der Waals surface area contributed by atoms with E-state index < -0.39 is 0 Å². The molecule has 0 saturated carbocycles. The number of piperidine rings is 2. The van der Waals surface area contributed by atoms with Crippen LogP contribution >= 0.6 is 0 Å². The summed E-state index contributed by atoms with van der Waals surface area (Å²) in [6, 6.07) is 20.2. The summed E-state index contributed by atoms with van der Waals surface area (Å²) >= 11 is 0. The molecule has 0 bridgehead atoms. The van der Waals surface area contributed by atoms with Gasteiger partial charge in [-0.3, -0.25) is 19.8 Å². The van der Waals surface area contributed by atoms with Gasteiger partial charge in [0, 0.05) is 26.2 Å². The Kier molecular flexibility index (Phi) is 13.2. The van der Waals surface area contributed by atoms with Gasteiger partial charge in [-0.2, -0.15) is 0 Å². The molecule has 0 aromatic heterocycles. The fraction of sp³-hybridized carbons (Fsp3) is 0.500. The second kappa shape index (κ2) is 15.8. The minimum Gasteiger partial charge on any atom is -0.862 e. The molecule has 0 radical (unpaired) electrons. The van der Waals surface area contributed by atoms with E-state index in [1.54, 1.807) is 0 Å². The number of hydrogen-bond donors (Lipinski definition) is 0. The molecule has 2 aromatic carbocycles. The van der Waals surface area contributed by atoms with E-state index in [1.807, 2.05) is 60.7 Å². The van der Waals surface area contributed by atoms with Crippen molar-refractivity contribution >= 4 is 11.8 Å². The Hall–Kier alpha value is -2.08. The van der Waals surface area contributed by atoms with Crippen LogP contribution in [0.15, 0.2) is 70.6 Å². The Balaban J connectivity index is 0.000000240. The molecule has 2 aliphatic rings. The van der Waals surface area contributed by atoms with Gasteiger partial charge in [-0.05, 0) is 62.5 Å². The van der Waals surface area contributed by atoms with Gasteiger partial charge in [-0.1, -0.05) is 73.5 Å². The van der Waals surface area contributed by atoms with Crippen molar-refractivity contribution in [3.63, 3.8) is 0 Å². The average Bonchev–Trinajstić information content (AvgIpc) is 2.88. The zero-order valence-corrected chi connectivity index (χ0v) is 24.3. The van der Waals surface area contributed by atoms with E-state index in [0.29, 0.717) is 0 Å². The van der Waals surface area contributed by atoms with Crippen LogP contribution in [0.2, 0.25) is 0 Å². The largest absolute Gasteiger partial charge is 2.00 e. The van der Waals surface area contributed by atoms with E-state index in [0.717, 1.165) is 37.3 Å². The zero-order valence-electron chi connectivity index (χ0n) is 21.3. The summed E-state index contributed by atoms with van der Waals surface area (Å²) in [6.07, 6.45) is 7.22. The van der Waals surface area contributed by atoms with E-state index in [9.17, 15) is 10.2 Å². The van der Waals surface area contributed by atoms with Crippen LogP contribution in [0, 0.1) is 0 Å². The number of benzene rings is 2. The minimum absolute atomic E-state index is 0. The molecular weight excluding hydrogens is 490 g/mol. The van der Waals surface area contributed by atoms with Crippen molar-refractivity contribution in [3.05, 3.63) is 71.8 Å². The molecule has 0 spiro atoms. The van der Waals surface area contributed by atoms with Crippen molar-refractivity contribution < 1.29 is 29.7 Å². The number of aliphatic imine (C=N–C) groups is 2. The van der Waals surface area contributed by atoms with Crippen molar-refractivity contribution in [2.24, 2.45) is 9.98 Å². The molecule has 2 saturated heterocycles. The maximum Gasteiger partial charge on any atom is 2.00 e. The Morgan fingerprint density at radius 2 is 0.914 bits per heavy atom. The normalized spacial score (nSPS) is 19.6. The Labute approximate surface area is 223 Å². The molecule has 0 amide bonds. The third-order valence-corrected chi connectivity index (χ3v) is 6.28. The number of rotatable bonds is 6. The van der Waals surface area contributed by atoms with E-state index >= 15 is 0 Å². The first-order chi connectivity index (χ1) is 16.5. The van der Waals surface area contributed by atoms with Crippen molar-refractivity contribution in [3.8, 4) is 0 Å². The first-order valence-corrected chi connectivity index (χ1v) is 12.6. The van der Waals surface area contributed by atoms with Gasteiger partial charge >= 0.3 is 19.5 Å². The van der Waals surface area contributed by atoms with Gasteiger partial charge < -0.3 is 10.2 Å². The van der Waals surface area contributed by atoms with Crippen LogP contribution in [0.25, 0.3) is 0 Å². The second-order valence-corrected chi connectivity index (χ2v) is 9.06. The van der Waals surface area contributed by atoms with E-state index in [1.165, 1.54) is 52.4 Å². The molecule has 6 nitrogen and oxygen atoms in total. The van der Waals surface area contributed by atoms with E-state index in [2.05, 4.69) is 19.8 Å². The topological polar surface area (TPSA) is 77.3 Å². The molecule has 2 aromatic rings. The molecule has 184 valence electrons. The number of nitrogens with zero attached hydrogens (tertiary/aromatic N) is 4. The fourth-order valence-electron chi connectivity index (χ4n) is 4.65. The maximum atomic E-state index is 11.3. The van der Waals surface area contributed by atoms with Crippen molar-refractivity contribution in [2.45, 2.75) is 64.7 Å². The number of hydrogen-bond acceptors (Lipinski definition) is 6. The van der Waals surface area contributed by atoms with E-state index in [-0.39, 0.29) is 43.6 Å². The van der Waals surface area contributed by atoms with Crippen LogP contribution in [0.1, 0.15) is 75.8 Å². The van der Waals surface area contributed by atoms with E-state index in [4.69, 9.17) is 0 Å². The third-order valence-electron chi connectivity index (χ3n) is 6.28. The molecule has 2 atom stereocenters. The van der Waals surface area contributed by atoms with Crippen LogP contribution < -0.4 is 10.2 Å². The van der Waals surface area contributed by atoms with Gasteiger partial charge in [-0.15, -0.1) is 0 Å². The van der Waals surface area contributed by atoms with Crippen molar-refractivity contribution in [1.29, 1.82) is 0 Å². The van der Waals surface area contributed by atoms with Crippen LogP contribution in [-0.4, -0.2) is 47.8 Å². The first kappa shape index (κ1) is 29.2. The van der Waals surface area contributed by atoms with Gasteiger partial charge in [0.15, 0.2) is 0 Å². The predicted molar refractivity (Wildman–Crippen MR) is 135 cm³/mol. The first-order valence-electron chi connectivity index (χ1n) is 12.6. The molecule has 35 heavy (non-hydrogen) atoms. The van der Waals surface area contributed by atoms with Crippen LogP contribution in [0.3, 0.4) is 0 Å². The third kappa shape index (κ3) is 9.83. The van der Waals surface area contributed by atoms with Crippen LogP contribution in [0.4, 0.5) is 0 Å². The fourth-order valence-corrected chi connectivity index (χ4v) is 4.65. The van der Waals surface area contributed by atoms with Gasteiger partial charge in [-0.25, -0.2) is 0 Å². The standard InChI is InChI=1S/2C14H20N2O.Zn/c2*1-12(17)15-14(13-8-4-2-5-9-13)16-10-6-3-7-11-16;/h2*2,4-5,8-9,14H,3,6-7,10-11H2,1H3,(H,15,17);/q;;+2/p-2. The Morgan fingerprint density at radius 3 is 1.20 bits per heavy atom. The second-order valence-electron chi connectivity index (χ2n) is 9.06. The molecule has 7 heteroatoms. The van der Waals surface area contributed by atoms with Gasteiger partial charge in [0.2, 0.25) is 0 Å². The molecule has 0 aliphatic carbocycles. The summed E-state index contributed by atoms with van der Waals surface area (Å²) in [5.41, 5.74) is 2.23. The molecule has 2 fully saturated rings. The Bertz CT molecular complexity index is 812. The van der Waals surface area contributed by atoms with Gasteiger partial charge in [0.1, 0.15) is 12.3 Å². The van der Waals surface area contributed by atoms with Crippen LogP contribution in [0.5, 0.6) is 0 Å². The summed E-state index contributed by atoms with van der Waals surface area (Å²) in [6.45, 7) is 7.21. The monoisotopic (exact) mass is 526 g/mol. The molecular formula is C28H38N4O2Zn. The molecule has 2 unspecified atom stereocenters. The number of likely N-dealkylation sites (tertiary alicyclic amines) is 2. The quantitative estimate of drug-likeness (QED) is 0.324. The van der Waals surface area contributed by atoms with Gasteiger partial charge in [0.25, 0.3) is 0 Å². The summed E-state index contributed by atoms with van der Waals surface area (Å²) in [5, 5.41) is 22.6. The zero-order chi connectivity index (χ0) is 24.2. The Morgan fingerprint density at radius 1 is 0.600 bits per heavy atom. The van der Waals surface area contributed by atoms with Crippen molar-refractivity contribution in [2.75, 3.05) is 26.2 Å². The predicted octanol–water partition coefficient (Wildman–Crippen LogP) is 3.90. The summed E-state index contributed by atoms with van der Waals surface area (Å²) in [5.74, 6) is -0.186.